The average molecular weight is 257 g/mol. The Bertz CT molecular complexity index is 337. The Hall–Kier alpha value is -0.580. The molecule has 3 N–H and O–H groups in total. The minimum Gasteiger partial charge on any atom is -0.508 e. The van der Waals surface area contributed by atoms with Crippen LogP contribution < -0.4 is 5.73 Å². The molecule has 0 aromatic heterocycles. The molecule has 0 amide bonds. The second-order valence-corrected chi connectivity index (χ2v) is 4.64. The van der Waals surface area contributed by atoms with Gasteiger partial charge in [0.05, 0.1) is 0 Å². The van der Waals surface area contributed by atoms with Crippen LogP contribution in [0.2, 0.25) is 0 Å². The normalized spacial score (nSPS) is 18.1. The van der Waals surface area contributed by atoms with Crippen LogP contribution in [-0.4, -0.2) is 29.1 Å². The van der Waals surface area contributed by atoms with Crippen molar-refractivity contribution in [2.75, 3.05) is 13.1 Å². The Morgan fingerprint density at radius 2 is 2.21 bits per heavy atom. The molecule has 2 rings (SSSR count). The molecule has 1 aliphatic rings. The zero-order chi connectivity index (χ0) is 10.1. The molecule has 0 spiro atoms. The summed E-state index contributed by atoms with van der Waals surface area (Å²) in [5.41, 5.74) is 6.63. The van der Waals surface area contributed by atoms with E-state index in [1.807, 2.05) is 12.1 Å². The van der Waals surface area contributed by atoms with Crippen LogP contribution in [-0.2, 0) is 6.54 Å². The number of likely N-dealkylation sites (tertiary alicyclic amines) is 1. The molecule has 76 valence electrons. The van der Waals surface area contributed by atoms with Crippen molar-refractivity contribution in [3.8, 4) is 5.75 Å². The molecule has 0 bridgehead atoms. The van der Waals surface area contributed by atoms with Gasteiger partial charge in [-0.1, -0.05) is 15.9 Å². The standard InChI is InChI=1S/C10H13BrN2O/c11-8-1-2-10(14)7(3-8)4-13-5-9(12)6-13/h1-3,9,14H,4-6,12H2. The van der Waals surface area contributed by atoms with Crippen molar-refractivity contribution in [1.29, 1.82) is 0 Å². The molecular formula is C10H13BrN2O. The van der Waals surface area contributed by atoms with Crippen molar-refractivity contribution < 1.29 is 5.11 Å². The highest BCUT2D eigenvalue weighted by atomic mass is 79.9. The fourth-order valence-electron chi connectivity index (χ4n) is 1.66. The fourth-order valence-corrected chi connectivity index (χ4v) is 2.07. The second-order valence-electron chi connectivity index (χ2n) is 3.73. The number of nitrogens with zero attached hydrogens (tertiary/aromatic N) is 1. The van der Waals surface area contributed by atoms with E-state index in [2.05, 4.69) is 20.8 Å². The number of nitrogens with two attached hydrogens (primary N) is 1. The summed E-state index contributed by atoms with van der Waals surface area (Å²) in [6.45, 7) is 2.62. The third-order valence-corrected chi connectivity index (χ3v) is 2.91. The highest BCUT2D eigenvalue weighted by Crippen LogP contribution is 2.24. The van der Waals surface area contributed by atoms with Gasteiger partial charge in [-0.2, -0.15) is 0 Å². The smallest absolute Gasteiger partial charge is 0.120 e. The van der Waals surface area contributed by atoms with Crippen LogP contribution in [0.15, 0.2) is 22.7 Å². The van der Waals surface area contributed by atoms with Gasteiger partial charge in [-0.05, 0) is 18.2 Å². The van der Waals surface area contributed by atoms with Crippen LogP contribution in [0.3, 0.4) is 0 Å². The molecule has 4 heteroatoms. The van der Waals surface area contributed by atoms with Gasteiger partial charge in [0.25, 0.3) is 0 Å². The summed E-state index contributed by atoms with van der Waals surface area (Å²) in [6, 6.07) is 5.79. The minimum absolute atomic E-state index is 0.310. The Morgan fingerprint density at radius 1 is 1.50 bits per heavy atom. The quantitative estimate of drug-likeness (QED) is 0.839. The van der Waals surface area contributed by atoms with Crippen molar-refractivity contribution in [2.45, 2.75) is 12.6 Å². The number of hydrogen-bond acceptors (Lipinski definition) is 3. The second kappa shape index (κ2) is 3.88. The molecule has 14 heavy (non-hydrogen) atoms. The van der Waals surface area contributed by atoms with E-state index in [-0.39, 0.29) is 0 Å². The number of aromatic hydroxyl groups is 1. The molecule has 3 nitrogen and oxygen atoms in total. The number of phenols is 1. The zero-order valence-corrected chi connectivity index (χ0v) is 9.37. The number of rotatable bonds is 2. The van der Waals surface area contributed by atoms with Gasteiger partial charge in [-0.15, -0.1) is 0 Å². The largest absolute Gasteiger partial charge is 0.508 e. The van der Waals surface area contributed by atoms with Gasteiger partial charge in [0.1, 0.15) is 5.75 Å². The molecule has 1 aromatic carbocycles. The Kier molecular flexibility index (Phi) is 2.76. The van der Waals surface area contributed by atoms with E-state index in [1.54, 1.807) is 6.07 Å². The number of hydrogen-bond donors (Lipinski definition) is 2. The summed E-state index contributed by atoms with van der Waals surface area (Å²) < 4.78 is 0.995. The predicted octanol–water partition coefficient (Wildman–Crippen LogP) is 1.30. The van der Waals surface area contributed by atoms with E-state index >= 15 is 0 Å². The first kappa shape index (κ1) is 9.96. The molecule has 0 radical (unpaired) electrons. The van der Waals surface area contributed by atoms with E-state index in [4.69, 9.17) is 5.73 Å². The maximum absolute atomic E-state index is 9.59. The van der Waals surface area contributed by atoms with Crippen LogP contribution >= 0.6 is 15.9 Å². The van der Waals surface area contributed by atoms with Crippen LogP contribution in [0, 0.1) is 0 Å². The molecule has 1 aromatic rings. The van der Waals surface area contributed by atoms with Gasteiger partial charge >= 0.3 is 0 Å². The van der Waals surface area contributed by atoms with Gasteiger partial charge in [0, 0.05) is 35.7 Å². The third-order valence-electron chi connectivity index (χ3n) is 2.42. The first-order chi connectivity index (χ1) is 6.65. The van der Waals surface area contributed by atoms with Crippen LogP contribution in [0.25, 0.3) is 0 Å². The van der Waals surface area contributed by atoms with Gasteiger partial charge in [-0.3, -0.25) is 4.90 Å². The fraction of sp³-hybridized carbons (Fsp3) is 0.400. The number of halogens is 1. The van der Waals surface area contributed by atoms with Gasteiger partial charge in [0.2, 0.25) is 0 Å². The van der Waals surface area contributed by atoms with Crippen LogP contribution in [0.5, 0.6) is 5.75 Å². The van der Waals surface area contributed by atoms with Crippen molar-refractivity contribution >= 4 is 15.9 Å². The van der Waals surface area contributed by atoms with Crippen molar-refractivity contribution in [3.05, 3.63) is 28.2 Å². The summed E-state index contributed by atoms with van der Waals surface area (Å²) in [5, 5.41) is 9.59. The predicted molar refractivity (Wildman–Crippen MR) is 59.1 cm³/mol. The molecule has 1 aliphatic heterocycles. The molecule has 1 saturated heterocycles. The summed E-state index contributed by atoms with van der Waals surface area (Å²) in [6.07, 6.45) is 0. The van der Waals surface area contributed by atoms with Crippen molar-refractivity contribution in [3.63, 3.8) is 0 Å². The Labute approximate surface area is 91.6 Å². The lowest BCUT2D eigenvalue weighted by molar-refractivity contribution is 0.141. The zero-order valence-electron chi connectivity index (χ0n) is 7.78. The number of benzene rings is 1. The summed E-state index contributed by atoms with van der Waals surface area (Å²) in [4.78, 5) is 2.21. The van der Waals surface area contributed by atoms with Crippen LogP contribution in [0.4, 0.5) is 0 Å². The summed E-state index contributed by atoms with van der Waals surface area (Å²) >= 11 is 3.38. The highest BCUT2D eigenvalue weighted by Gasteiger charge is 2.23. The SMILES string of the molecule is NC1CN(Cc2cc(Br)ccc2O)C1. The maximum Gasteiger partial charge on any atom is 0.120 e. The minimum atomic E-state index is 0.310. The molecular weight excluding hydrogens is 244 g/mol. The highest BCUT2D eigenvalue weighted by molar-refractivity contribution is 9.10. The topological polar surface area (TPSA) is 49.5 Å². The Morgan fingerprint density at radius 3 is 2.86 bits per heavy atom. The monoisotopic (exact) mass is 256 g/mol. The average Bonchev–Trinajstić information content (AvgIpc) is 2.09. The van der Waals surface area contributed by atoms with Crippen LogP contribution in [0.1, 0.15) is 5.56 Å². The van der Waals surface area contributed by atoms with E-state index < -0.39 is 0 Å². The lowest BCUT2D eigenvalue weighted by Crippen LogP contribution is -2.54. The first-order valence-electron chi connectivity index (χ1n) is 4.60. The summed E-state index contributed by atoms with van der Waals surface area (Å²) in [7, 11) is 0. The third kappa shape index (κ3) is 2.08. The molecule has 0 atom stereocenters. The van der Waals surface area contributed by atoms with Crippen molar-refractivity contribution in [1.82, 2.24) is 4.90 Å². The Balaban J connectivity index is 2.05. The van der Waals surface area contributed by atoms with Gasteiger partial charge < -0.3 is 10.8 Å². The molecule has 1 fully saturated rings. The molecule has 0 saturated carbocycles. The molecule has 1 heterocycles. The van der Waals surface area contributed by atoms with E-state index in [9.17, 15) is 5.11 Å². The van der Waals surface area contributed by atoms with E-state index in [1.165, 1.54) is 0 Å². The van der Waals surface area contributed by atoms with E-state index in [0.29, 0.717) is 11.8 Å². The lowest BCUT2D eigenvalue weighted by atomic mass is 10.1. The van der Waals surface area contributed by atoms with Gasteiger partial charge in [0.15, 0.2) is 0 Å². The molecule has 0 aliphatic carbocycles. The maximum atomic E-state index is 9.59. The first-order valence-corrected chi connectivity index (χ1v) is 5.40. The van der Waals surface area contributed by atoms with E-state index in [0.717, 1.165) is 29.7 Å². The summed E-state index contributed by atoms with van der Waals surface area (Å²) in [5.74, 6) is 0.355. The lowest BCUT2D eigenvalue weighted by Gasteiger charge is -2.36. The van der Waals surface area contributed by atoms with Gasteiger partial charge in [-0.25, -0.2) is 0 Å². The number of phenolic OH excluding ortho intramolecular Hbond substituents is 1. The molecule has 0 unspecified atom stereocenters. The van der Waals surface area contributed by atoms with Crippen molar-refractivity contribution in [2.24, 2.45) is 5.73 Å².